The summed E-state index contributed by atoms with van der Waals surface area (Å²) in [4.78, 5) is 8.45. The van der Waals surface area contributed by atoms with Crippen LogP contribution in [0.15, 0.2) is 54.6 Å². The molecule has 0 spiro atoms. The highest BCUT2D eigenvalue weighted by molar-refractivity contribution is 6.31. The van der Waals surface area contributed by atoms with Gasteiger partial charge in [0.25, 0.3) is 0 Å². The predicted molar refractivity (Wildman–Crippen MR) is 91.1 cm³/mol. The lowest BCUT2D eigenvalue weighted by Gasteiger charge is -2.11. The van der Waals surface area contributed by atoms with Crippen molar-refractivity contribution in [1.82, 2.24) is 9.97 Å². The summed E-state index contributed by atoms with van der Waals surface area (Å²) in [5, 5.41) is 1.04. The normalized spacial score (nSPS) is 10.6. The second-order valence-corrected chi connectivity index (χ2v) is 5.66. The Morgan fingerprint density at radius 2 is 1.55 bits per heavy atom. The molecule has 3 rings (SSSR count). The molecular formula is C17H13Cl2N3. The molecule has 0 saturated heterocycles. The van der Waals surface area contributed by atoms with Crippen LogP contribution in [0.1, 0.15) is 11.1 Å². The number of nitrogens with zero attached hydrogens (tertiary/aromatic N) is 2. The van der Waals surface area contributed by atoms with Crippen LogP contribution in [-0.4, -0.2) is 9.97 Å². The van der Waals surface area contributed by atoms with Crippen molar-refractivity contribution < 1.29 is 0 Å². The van der Waals surface area contributed by atoms with Crippen LogP contribution < -0.4 is 5.73 Å². The second-order valence-electron chi connectivity index (χ2n) is 4.87. The molecule has 5 heteroatoms. The van der Waals surface area contributed by atoms with Crippen molar-refractivity contribution in [3.05, 3.63) is 75.9 Å². The highest BCUT2D eigenvalue weighted by Crippen LogP contribution is 2.30. The fourth-order valence-electron chi connectivity index (χ4n) is 2.28. The Labute approximate surface area is 138 Å². The van der Waals surface area contributed by atoms with Crippen LogP contribution in [0.2, 0.25) is 10.2 Å². The number of rotatable bonds is 3. The predicted octanol–water partition coefficient (Wildman–Crippen LogP) is 4.62. The molecule has 2 N–H and O–H groups in total. The van der Waals surface area contributed by atoms with Crippen LogP contribution in [0.5, 0.6) is 0 Å². The Kier molecular flexibility index (Phi) is 4.27. The van der Waals surface area contributed by atoms with E-state index in [9.17, 15) is 0 Å². The highest BCUT2D eigenvalue weighted by Gasteiger charge is 2.14. The summed E-state index contributed by atoms with van der Waals surface area (Å²) in [5.41, 5.74) is 9.38. The number of benzene rings is 2. The minimum atomic E-state index is 0.159. The van der Waals surface area contributed by atoms with Gasteiger partial charge in [-0.1, -0.05) is 65.7 Å². The summed E-state index contributed by atoms with van der Waals surface area (Å²) >= 11 is 12.3. The Hall–Kier alpha value is -2.10. The molecule has 0 aliphatic rings. The number of anilines is 1. The standard InChI is InChI=1S/C17H13Cl2N3/c18-13-8-6-12(7-9-13)15-14(16(19)22-17(20)21-15)10-11-4-2-1-3-5-11/h1-9H,10H2,(H2,20,21,22). The first-order valence-corrected chi connectivity index (χ1v) is 7.51. The molecule has 3 nitrogen and oxygen atoms in total. The van der Waals surface area contributed by atoms with Crippen molar-refractivity contribution >= 4 is 29.2 Å². The Balaban J connectivity index is 2.10. The van der Waals surface area contributed by atoms with Crippen LogP contribution in [-0.2, 0) is 6.42 Å². The van der Waals surface area contributed by atoms with Crippen LogP contribution >= 0.6 is 23.2 Å². The molecule has 0 aliphatic carbocycles. The van der Waals surface area contributed by atoms with Crippen LogP contribution in [0, 0.1) is 0 Å². The SMILES string of the molecule is Nc1nc(Cl)c(Cc2ccccc2)c(-c2ccc(Cl)cc2)n1. The zero-order chi connectivity index (χ0) is 15.5. The maximum atomic E-state index is 6.31. The fraction of sp³-hybridized carbons (Fsp3) is 0.0588. The maximum Gasteiger partial charge on any atom is 0.222 e. The molecule has 0 fully saturated rings. The molecule has 0 unspecified atom stereocenters. The minimum Gasteiger partial charge on any atom is -0.368 e. The Bertz CT molecular complexity index is 787. The number of nitrogen functional groups attached to an aromatic ring is 1. The summed E-state index contributed by atoms with van der Waals surface area (Å²) < 4.78 is 0. The zero-order valence-corrected chi connectivity index (χ0v) is 13.1. The lowest BCUT2D eigenvalue weighted by atomic mass is 10.0. The van der Waals surface area contributed by atoms with E-state index in [1.54, 1.807) is 0 Å². The van der Waals surface area contributed by atoms with Gasteiger partial charge in [-0.05, 0) is 17.7 Å². The van der Waals surface area contributed by atoms with Gasteiger partial charge in [0.1, 0.15) is 5.15 Å². The van der Waals surface area contributed by atoms with E-state index in [1.165, 1.54) is 0 Å². The van der Waals surface area contributed by atoms with E-state index in [-0.39, 0.29) is 5.95 Å². The average molecular weight is 330 g/mol. The van der Waals surface area contributed by atoms with Gasteiger partial charge in [-0.3, -0.25) is 0 Å². The summed E-state index contributed by atoms with van der Waals surface area (Å²) in [6.07, 6.45) is 0.637. The summed E-state index contributed by atoms with van der Waals surface area (Å²) in [6.45, 7) is 0. The molecule has 3 aromatic rings. The number of aromatic nitrogens is 2. The molecule has 0 aliphatic heterocycles. The summed E-state index contributed by atoms with van der Waals surface area (Å²) in [7, 11) is 0. The van der Waals surface area contributed by atoms with Crippen molar-refractivity contribution in [2.75, 3.05) is 5.73 Å². The third kappa shape index (κ3) is 3.21. The molecule has 1 aromatic heterocycles. The molecular weight excluding hydrogens is 317 g/mol. The molecule has 1 heterocycles. The first-order valence-electron chi connectivity index (χ1n) is 6.75. The lowest BCUT2D eigenvalue weighted by Crippen LogP contribution is -2.03. The van der Waals surface area contributed by atoms with Gasteiger partial charge in [0.2, 0.25) is 5.95 Å². The van der Waals surface area contributed by atoms with Crippen molar-refractivity contribution in [2.45, 2.75) is 6.42 Å². The van der Waals surface area contributed by atoms with E-state index in [4.69, 9.17) is 28.9 Å². The van der Waals surface area contributed by atoms with E-state index in [1.807, 2.05) is 54.6 Å². The molecule has 0 atom stereocenters. The largest absolute Gasteiger partial charge is 0.368 e. The van der Waals surface area contributed by atoms with Gasteiger partial charge in [-0.2, -0.15) is 0 Å². The van der Waals surface area contributed by atoms with Gasteiger partial charge in [-0.15, -0.1) is 0 Å². The first kappa shape index (κ1) is 14.8. The molecule has 110 valence electrons. The molecule has 2 aromatic carbocycles. The number of nitrogens with two attached hydrogens (primary N) is 1. The van der Waals surface area contributed by atoms with Gasteiger partial charge in [0.05, 0.1) is 5.69 Å². The van der Waals surface area contributed by atoms with Gasteiger partial charge >= 0.3 is 0 Å². The Morgan fingerprint density at radius 3 is 2.23 bits per heavy atom. The maximum absolute atomic E-state index is 6.31. The van der Waals surface area contributed by atoms with Crippen molar-refractivity contribution in [3.63, 3.8) is 0 Å². The monoisotopic (exact) mass is 329 g/mol. The lowest BCUT2D eigenvalue weighted by molar-refractivity contribution is 1.09. The zero-order valence-electron chi connectivity index (χ0n) is 11.6. The third-order valence-electron chi connectivity index (χ3n) is 3.32. The van der Waals surface area contributed by atoms with E-state index in [0.29, 0.717) is 16.6 Å². The smallest absolute Gasteiger partial charge is 0.222 e. The fourth-order valence-corrected chi connectivity index (χ4v) is 2.64. The second kappa shape index (κ2) is 6.34. The first-order chi connectivity index (χ1) is 10.6. The average Bonchev–Trinajstić information content (AvgIpc) is 2.52. The summed E-state index contributed by atoms with van der Waals surface area (Å²) in [5.74, 6) is 0.159. The number of hydrogen-bond donors (Lipinski definition) is 1. The molecule has 0 saturated carbocycles. The van der Waals surface area contributed by atoms with E-state index < -0.39 is 0 Å². The molecule has 22 heavy (non-hydrogen) atoms. The molecule has 0 amide bonds. The molecule has 0 bridgehead atoms. The Morgan fingerprint density at radius 1 is 0.864 bits per heavy atom. The van der Waals surface area contributed by atoms with E-state index in [2.05, 4.69) is 9.97 Å². The highest BCUT2D eigenvalue weighted by atomic mass is 35.5. The minimum absolute atomic E-state index is 0.159. The van der Waals surface area contributed by atoms with Crippen molar-refractivity contribution in [1.29, 1.82) is 0 Å². The van der Waals surface area contributed by atoms with Crippen molar-refractivity contribution in [3.8, 4) is 11.3 Å². The van der Waals surface area contributed by atoms with Gasteiger partial charge in [0.15, 0.2) is 0 Å². The number of hydrogen-bond acceptors (Lipinski definition) is 3. The van der Waals surface area contributed by atoms with Gasteiger partial charge < -0.3 is 5.73 Å². The van der Waals surface area contributed by atoms with Crippen molar-refractivity contribution in [2.24, 2.45) is 0 Å². The van der Waals surface area contributed by atoms with Gasteiger partial charge in [0, 0.05) is 22.6 Å². The topological polar surface area (TPSA) is 51.8 Å². The van der Waals surface area contributed by atoms with Crippen LogP contribution in [0.25, 0.3) is 11.3 Å². The number of halogens is 2. The van der Waals surface area contributed by atoms with Crippen LogP contribution in [0.4, 0.5) is 5.95 Å². The summed E-state index contributed by atoms with van der Waals surface area (Å²) in [6, 6.07) is 17.5. The quantitative estimate of drug-likeness (QED) is 0.713. The molecule has 0 radical (unpaired) electrons. The van der Waals surface area contributed by atoms with E-state index in [0.717, 1.165) is 22.4 Å². The van der Waals surface area contributed by atoms with E-state index >= 15 is 0 Å². The van der Waals surface area contributed by atoms with Gasteiger partial charge in [-0.25, -0.2) is 9.97 Å². The van der Waals surface area contributed by atoms with Crippen LogP contribution in [0.3, 0.4) is 0 Å². The third-order valence-corrected chi connectivity index (χ3v) is 3.88.